The number of carbonyl (C=O) groups excluding carboxylic acids is 1. The first-order valence-electron chi connectivity index (χ1n) is 4.92. The molecule has 1 aliphatic heterocycles. The van der Waals surface area contributed by atoms with Gasteiger partial charge in [0.05, 0.1) is 17.3 Å². The van der Waals surface area contributed by atoms with Crippen LogP contribution in [0, 0.1) is 0 Å². The molecule has 0 spiro atoms. The predicted octanol–water partition coefficient (Wildman–Crippen LogP) is 1.44. The van der Waals surface area contributed by atoms with Crippen LogP contribution in [-0.4, -0.2) is 26.6 Å². The molecule has 5 heteroatoms. The minimum Gasteiger partial charge on any atom is -0.497 e. The third-order valence-electron chi connectivity index (χ3n) is 2.80. The van der Waals surface area contributed by atoms with Crippen LogP contribution in [0.1, 0.15) is 23.7 Å². The molecule has 16 heavy (non-hydrogen) atoms. The van der Waals surface area contributed by atoms with Crippen molar-refractivity contribution in [3.63, 3.8) is 0 Å². The maximum absolute atomic E-state index is 12.0. The molecule has 1 heterocycles. The molecule has 1 aromatic carbocycles. The van der Waals surface area contributed by atoms with Gasteiger partial charge in [-0.2, -0.15) is 0 Å². The molecule has 0 bridgehead atoms. The van der Waals surface area contributed by atoms with Gasteiger partial charge >= 0.3 is 0 Å². The fourth-order valence-electron chi connectivity index (χ4n) is 1.80. The van der Waals surface area contributed by atoms with Gasteiger partial charge in [0.1, 0.15) is 5.75 Å². The molecule has 4 nitrogen and oxygen atoms in total. The summed E-state index contributed by atoms with van der Waals surface area (Å²) in [5.41, 5.74) is 0.248. The maximum atomic E-state index is 12.0. The summed E-state index contributed by atoms with van der Waals surface area (Å²) < 4.78 is 28.9. The summed E-state index contributed by atoms with van der Waals surface area (Å²) in [7, 11) is -1.88. The molecule has 1 aliphatic rings. The lowest BCUT2D eigenvalue weighted by molar-refractivity contribution is 0.0975. The fourth-order valence-corrected chi connectivity index (χ4v) is 3.34. The van der Waals surface area contributed by atoms with Crippen LogP contribution in [0.5, 0.6) is 5.75 Å². The second-order valence-electron chi connectivity index (χ2n) is 3.85. The van der Waals surface area contributed by atoms with E-state index >= 15 is 0 Å². The van der Waals surface area contributed by atoms with E-state index in [4.69, 9.17) is 4.74 Å². The van der Waals surface area contributed by atoms with Crippen molar-refractivity contribution in [3.05, 3.63) is 23.8 Å². The third kappa shape index (κ3) is 1.51. The summed E-state index contributed by atoms with van der Waals surface area (Å²) in [5, 5.41) is -0.638. The zero-order valence-electron chi connectivity index (χ0n) is 9.06. The lowest BCUT2D eigenvalue weighted by atomic mass is 10.1. The third-order valence-corrected chi connectivity index (χ3v) is 4.99. The van der Waals surface area contributed by atoms with E-state index in [1.807, 2.05) is 0 Å². The van der Waals surface area contributed by atoms with E-state index in [0.29, 0.717) is 5.75 Å². The molecule has 1 atom stereocenters. The minimum atomic E-state index is -3.36. The molecule has 0 fully saturated rings. The summed E-state index contributed by atoms with van der Waals surface area (Å²) in [6, 6.07) is 4.49. The highest BCUT2D eigenvalue weighted by molar-refractivity contribution is 7.92. The molecule has 0 aliphatic carbocycles. The van der Waals surface area contributed by atoms with E-state index in [1.165, 1.54) is 19.2 Å². The number of rotatable bonds is 1. The predicted molar refractivity (Wildman–Crippen MR) is 58.6 cm³/mol. The van der Waals surface area contributed by atoms with Gasteiger partial charge in [-0.1, -0.05) is 0 Å². The topological polar surface area (TPSA) is 60.4 Å². The van der Waals surface area contributed by atoms with Gasteiger partial charge in [-0.05, 0) is 25.1 Å². The van der Waals surface area contributed by atoms with Crippen LogP contribution in [0.2, 0.25) is 0 Å². The smallest absolute Gasteiger partial charge is 0.182 e. The van der Waals surface area contributed by atoms with Gasteiger partial charge < -0.3 is 4.74 Å². The Morgan fingerprint density at radius 3 is 2.69 bits per heavy atom. The lowest BCUT2D eigenvalue weighted by Crippen LogP contribution is -2.28. The summed E-state index contributed by atoms with van der Waals surface area (Å²) in [5.74, 6) is 0.355. The molecule has 1 aromatic rings. The van der Waals surface area contributed by atoms with Gasteiger partial charge in [0, 0.05) is 12.0 Å². The average Bonchev–Trinajstić information content (AvgIpc) is 2.26. The molecule has 0 saturated carbocycles. The van der Waals surface area contributed by atoms with Gasteiger partial charge in [-0.25, -0.2) is 8.42 Å². The minimum absolute atomic E-state index is 0.0441. The summed E-state index contributed by atoms with van der Waals surface area (Å²) in [6.45, 7) is 1.56. The molecular weight excluding hydrogens is 228 g/mol. The number of ether oxygens (including phenoxy) is 1. The lowest BCUT2D eigenvalue weighted by Gasteiger charge is -2.21. The molecule has 0 saturated heterocycles. The van der Waals surface area contributed by atoms with Gasteiger partial charge in [0.15, 0.2) is 15.6 Å². The number of sulfone groups is 1. The number of methoxy groups -OCH3 is 1. The fraction of sp³-hybridized carbons (Fsp3) is 0.364. The van der Waals surface area contributed by atoms with Gasteiger partial charge in [0.25, 0.3) is 0 Å². The Hall–Kier alpha value is -1.36. The molecule has 0 N–H and O–H groups in total. The van der Waals surface area contributed by atoms with Crippen LogP contribution >= 0.6 is 0 Å². The van der Waals surface area contributed by atoms with Crippen molar-refractivity contribution < 1.29 is 17.9 Å². The van der Waals surface area contributed by atoms with Crippen molar-refractivity contribution in [3.8, 4) is 5.75 Å². The van der Waals surface area contributed by atoms with Crippen LogP contribution in [0.15, 0.2) is 23.1 Å². The first-order chi connectivity index (χ1) is 7.46. The van der Waals surface area contributed by atoms with Crippen molar-refractivity contribution in [2.45, 2.75) is 23.5 Å². The van der Waals surface area contributed by atoms with Crippen LogP contribution in [0.3, 0.4) is 0 Å². The van der Waals surface area contributed by atoms with Crippen LogP contribution in [0.25, 0.3) is 0 Å². The largest absolute Gasteiger partial charge is 0.497 e. The van der Waals surface area contributed by atoms with E-state index in [1.54, 1.807) is 13.0 Å². The van der Waals surface area contributed by atoms with Crippen molar-refractivity contribution in [2.75, 3.05) is 7.11 Å². The zero-order valence-corrected chi connectivity index (χ0v) is 9.87. The average molecular weight is 240 g/mol. The number of hydrogen-bond acceptors (Lipinski definition) is 4. The molecule has 0 aromatic heterocycles. The Balaban J connectivity index is 2.69. The maximum Gasteiger partial charge on any atom is 0.182 e. The van der Waals surface area contributed by atoms with Crippen molar-refractivity contribution in [2.24, 2.45) is 0 Å². The Morgan fingerprint density at radius 2 is 2.06 bits per heavy atom. The van der Waals surface area contributed by atoms with Gasteiger partial charge in [-0.15, -0.1) is 0 Å². The highest BCUT2D eigenvalue weighted by Crippen LogP contribution is 2.31. The SMILES string of the molecule is COc1ccc2c(c1)C(=O)CC(C)S2(=O)=O. The second kappa shape index (κ2) is 3.59. The van der Waals surface area contributed by atoms with Gasteiger partial charge in [-0.3, -0.25) is 4.79 Å². The van der Waals surface area contributed by atoms with Crippen molar-refractivity contribution >= 4 is 15.6 Å². The highest BCUT2D eigenvalue weighted by Gasteiger charge is 2.35. The van der Waals surface area contributed by atoms with E-state index in [-0.39, 0.29) is 22.7 Å². The Morgan fingerprint density at radius 1 is 1.38 bits per heavy atom. The van der Waals surface area contributed by atoms with E-state index in [9.17, 15) is 13.2 Å². The van der Waals surface area contributed by atoms with Crippen LogP contribution < -0.4 is 4.74 Å². The molecular formula is C11H12O4S. The number of carbonyl (C=O) groups is 1. The molecule has 86 valence electrons. The van der Waals surface area contributed by atoms with E-state index in [2.05, 4.69) is 0 Å². The second-order valence-corrected chi connectivity index (χ2v) is 6.18. The quantitative estimate of drug-likeness (QED) is 0.745. The number of hydrogen-bond donors (Lipinski definition) is 0. The Labute approximate surface area is 94.2 Å². The normalized spacial score (nSPS) is 22.6. The summed E-state index contributed by atoms with van der Waals surface area (Å²) >= 11 is 0. The number of fused-ring (bicyclic) bond motifs is 1. The Bertz CT molecular complexity index is 545. The standard InChI is InChI=1S/C11H12O4S/c1-7-5-10(12)9-6-8(15-2)3-4-11(9)16(7,13)14/h3-4,6-7H,5H2,1-2H3. The molecule has 2 rings (SSSR count). The summed E-state index contributed by atoms with van der Waals surface area (Å²) in [6.07, 6.45) is 0.0441. The van der Waals surface area contributed by atoms with Crippen molar-refractivity contribution in [1.29, 1.82) is 0 Å². The van der Waals surface area contributed by atoms with Crippen molar-refractivity contribution in [1.82, 2.24) is 0 Å². The molecule has 1 unspecified atom stereocenters. The monoisotopic (exact) mass is 240 g/mol. The first kappa shape index (κ1) is 11.1. The molecule has 0 amide bonds. The zero-order chi connectivity index (χ0) is 11.9. The number of benzene rings is 1. The van der Waals surface area contributed by atoms with Gasteiger partial charge in [0.2, 0.25) is 0 Å². The summed E-state index contributed by atoms with van der Waals surface area (Å²) in [4.78, 5) is 11.9. The van der Waals surface area contributed by atoms with Crippen LogP contribution in [-0.2, 0) is 9.84 Å². The first-order valence-corrected chi connectivity index (χ1v) is 6.46. The Kier molecular flexibility index (Phi) is 2.50. The van der Waals surface area contributed by atoms with E-state index < -0.39 is 15.1 Å². The number of Topliss-reactive ketones (excluding diaryl/α,β-unsaturated/α-hetero) is 1. The molecule has 0 radical (unpaired) electrons. The van der Waals surface area contributed by atoms with E-state index in [0.717, 1.165) is 0 Å². The highest BCUT2D eigenvalue weighted by atomic mass is 32.2. The number of ketones is 1. The van der Waals surface area contributed by atoms with Crippen LogP contribution in [0.4, 0.5) is 0 Å².